The summed E-state index contributed by atoms with van der Waals surface area (Å²) in [7, 11) is 1.79. The van der Waals surface area contributed by atoms with Gasteiger partial charge in [0.25, 0.3) is 5.69 Å². The van der Waals surface area contributed by atoms with Crippen LogP contribution in [0.4, 0.5) is 11.4 Å². The number of nitrogens with zero attached hydrogens (tertiary/aromatic N) is 4. The van der Waals surface area contributed by atoms with E-state index in [1.165, 1.54) is 36.0 Å². The number of carbonyl (C=O) groups excluding carboxylic acids is 1. The highest BCUT2D eigenvalue weighted by Gasteiger charge is 2.13. The Labute approximate surface area is 171 Å². The van der Waals surface area contributed by atoms with Gasteiger partial charge in [-0.25, -0.2) is 0 Å². The van der Waals surface area contributed by atoms with Crippen LogP contribution in [0.3, 0.4) is 0 Å². The first-order valence-corrected chi connectivity index (χ1v) is 9.66. The summed E-state index contributed by atoms with van der Waals surface area (Å²) in [4.78, 5) is 22.3. The van der Waals surface area contributed by atoms with Crippen LogP contribution in [0, 0.1) is 17.0 Å². The van der Waals surface area contributed by atoms with Gasteiger partial charge in [0.2, 0.25) is 5.91 Å². The molecule has 1 amide bonds. The first-order valence-electron chi connectivity index (χ1n) is 8.67. The van der Waals surface area contributed by atoms with Gasteiger partial charge in [-0.05, 0) is 31.2 Å². The molecule has 0 fully saturated rings. The number of nitrogens with one attached hydrogen (secondary N) is 1. The Bertz CT molecular complexity index is 1000. The molecule has 0 atom stereocenters. The number of nitro benzene ring substituents is 1. The van der Waals surface area contributed by atoms with Crippen LogP contribution in [0.15, 0.2) is 53.7 Å². The molecule has 9 nitrogen and oxygen atoms in total. The Hall–Kier alpha value is -3.40. The number of carbonyl (C=O) groups is 1. The summed E-state index contributed by atoms with van der Waals surface area (Å²) in [5.41, 5.74) is 1.87. The lowest BCUT2D eigenvalue weighted by atomic mass is 10.2. The highest BCUT2D eigenvalue weighted by molar-refractivity contribution is 7.99. The number of aromatic nitrogens is 3. The van der Waals surface area contributed by atoms with Gasteiger partial charge >= 0.3 is 0 Å². The summed E-state index contributed by atoms with van der Waals surface area (Å²) in [6, 6.07) is 13.4. The summed E-state index contributed by atoms with van der Waals surface area (Å²) in [6.45, 7) is 2.13. The standard InChI is InChI=1S/C19H19N5O4S/c1-13-3-5-14(6-4-13)20-18(25)12-29-19-22-21-17(23(19)2)11-28-16-9-7-15(8-10-16)24(26)27/h3-10H,11-12H2,1-2H3,(H,20,25). The Kier molecular flexibility index (Phi) is 6.45. The second-order valence-electron chi connectivity index (χ2n) is 6.20. The fraction of sp³-hybridized carbons (Fsp3) is 0.211. The Balaban J connectivity index is 1.51. The maximum atomic E-state index is 12.1. The fourth-order valence-electron chi connectivity index (χ4n) is 2.37. The van der Waals surface area contributed by atoms with E-state index in [-0.39, 0.29) is 24.0 Å². The van der Waals surface area contributed by atoms with Gasteiger partial charge in [0.15, 0.2) is 11.0 Å². The predicted octanol–water partition coefficient (Wildman–Crippen LogP) is 3.34. The first kappa shape index (κ1) is 20.3. The van der Waals surface area contributed by atoms with Crippen LogP contribution in [0.25, 0.3) is 0 Å². The largest absolute Gasteiger partial charge is 0.486 e. The van der Waals surface area contributed by atoms with Gasteiger partial charge in [0.05, 0.1) is 10.7 Å². The Morgan fingerprint density at radius 1 is 1.17 bits per heavy atom. The van der Waals surface area contributed by atoms with Gasteiger partial charge in [0.1, 0.15) is 12.4 Å². The molecule has 0 saturated carbocycles. The van der Waals surface area contributed by atoms with Crippen molar-refractivity contribution >= 4 is 29.0 Å². The molecule has 150 valence electrons. The van der Waals surface area contributed by atoms with Crippen LogP contribution in [0.1, 0.15) is 11.4 Å². The molecule has 0 saturated heterocycles. The van der Waals surface area contributed by atoms with Crippen molar-refractivity contribution in [2.24, 2.45) is 7.05 Å². The molecule has 1 aromatic heterocycles. The topological polar surface area (TPSA) is 112 Å². The maximum absolute atomic E-state index is 12.1. The minimum Gasteiger partial charge on any atom is -0.486 e. The van der Waals surface area contributed by atoms with E-state index in [2.05, 4.69) is 15.5 Å². The van der Waals surface area contributed by atoms with Crippen molar-refractivity contribution < 1.29 is 14.5 Å². The summed E-state index contributed by atoms with van der Waals surface area (Å²) in [5, 5.41) is 22.3. The molecular formula is C19H19N5O4S. The molecule has 1 N–H and O–H groups in total. The number of aryl methyl sites for hydroxylation is 1. The van der Waals surface area contributed by atoms with Crippen LogP contribution >= 0.6 is 11.8 Å². The van der Waals surface area contributed by atoms with Gasteiger partial charge in [-0.3, -0.25) is 14.9 Å². The molecule has 0 aliphatic heterocycles. The van der Waals surface area contributed by atoms with E-state index < -0.39 is 4.92 Å². The zero-order valence-corrected chi connectivity index (χ0v) is 16.7. The van der Waals surface area contributed by atoms with Crippen LogP contribution in [-0.4, -0.2) is 31.3 Å². The summed E-state index contributed by atoms with van der Waals surface area (Å²) in [6.07, 6.45) is 0. The molecular weight excluding hydrogens is 394 g/mol. The van der Waals surface area contributed by atoms with E-state index in [0.717, 1.165) is 11.3 Å². The second-order valence-corrected chi connectivity index (χ2v) is 7.14. The predicted molar refractivity (Wildman–Crippen MR) is 109 cm³/mol. The number of nitro groups is 1. The van der Waals surface area contributed by atoms with E-state index in [1.807, 2.05) is 31.2 Å². The number of hydrogen-bond acceptors (Lipinski definition) is 7. The quantitative estimate of drug-likeness (QED) is 0.342. The fourth-order valence-corrected chi connectivity index (χ4v) is 3.10. The van der Waals surface area contributed by atoms with Crippen LogP contribution < -0.4 is 10.1 Å². The average Bonchev–Trinajstić information content (AvgIpc) is 3.06. The average molecular weight is 413 g/mol. The summed E-state index contributed by atoms with van der Waals surface area (Å²) < 4.78 is 7.35. The minimum absolute atomic E-state index is 0.00129. The third-order valence-electron chi connectivity index (χ3n) is 4.01. The van der Waals surface area contributed by atoms with Crippen molar-refractivity contribution in [3.8, 4) is 5.75 Å². The van der Waals surface area contributed by atoms with Crippen molar-refractivity contribution in [3.05, 3.63) is 70.0 Å². The molecule has 2 aromatic carbocycles. The molecule has 0 radical (unpaired) electrons. The van der Waals surface area contributed by atoms with Gasteiger partial charge < -0.3 is 14.6 Å². The molecule has 0 unspecified atom stereocenters. The van der Waals surface area contributed by atoms with Gasteiger partial charge in [-0.1, -0.05) is 29.5 Å². The van der Waals surface area contributed by atoms with Crippen LogP contribution in [-0.2, 0) is 18.4 Å². The molecule has 0 aliphatic rings. The lowest BCUT2D eigenvalue weighted by Gasteiger charge is -2.07. The number of hydrogen-bond donors (Lipinski definition) is 1. The van der Waals surface area contributed by atoms with E-state index >= 15 is 0 Å². The van der Waals surface area contributed by atoms with E-state index in [4.69, 9.17) is 4.74 Å². The van der Waals surface area contributed by atoms with E-state index in [9.17, 15) is 14.9 Å². The molecule has 0 bridgehead atoms. The highest BCUT2D eigenvalue weighted by Crippen LogP contribution is 2.20. The van der Waals surface area contributed by atoms with Crippen molar-refractivity contribution in [2.45, 2.75) is 18.7 Å². The number of ether oxygens (including phenoxy) is 1. The maximum Gasteiger partial charge on any atom is 0.269 e. The van der Waals surface area contributed by atoms with Crippen molar-refractivity contribution in [1.82, 2.24) is 14.8 Å². The van der Waals surface area contributed by atoms with Gasteiger partial charge in [-0.15, -0.1) is 10.2 Å². The zero-order valence-electron chi connectivity index (χ0n) is 15.9. The molecule has 1 heterocycles. The molecule has 3 rings (SSSR count). The Morgan fingerprint density at radius 3 is 2.52 bits per heavy atom. The number of rotatable bonds is 8. The van der Waals surface area contributed by atoms with Crippen LogP contribution in [0.2, 0.25) is 0 Å². The van der Waals surface area contributed by atoms with Crippen molar-refractivity contribution in [2.75, 3.05) is 11.1 Å². The number of non-ortho nitro benzene ring substituents is 1. The van der Waals surface area contributed by atoms with Gasteiger partial charge in [0, 0.05) is 24.9 Å². The Morgan fingerprint density at radius 2 is 1.86 bits per heavy atom. The molecule has 10 heteroatoms. The summed E-state index contributed by atoms with van der Waals surface area (Å²) >= 11 is 1.27. The number of thioether (sulfide) groups is 1. The number of benzene rings is 2. The lowest BCUT2D eigenvalue weighted by Crippen LogP contribution is -2.14. The van der Waals surface area contributed by atoms with Crippen molar-refractivity contribution in [1.29, 1.82) is 0 Å². The van der Waals surface area contributed by atoms with Gasteiger partial charge in [-0.2, -0.15) is 0 Å². The van der Waals surface area contributed by atoms with Crippen LogP contribution in [0.5, 0.6) is 5.75 Å². The normalized spacial score (nSPS) is 10.6. The second kappa shape index (κ2) is 9.20. The number of anilines is 1. The SMILES string of the molecule is Cc1ccc(NC(=O)CSc2nnc(COc3ccc([N+](=O)[O-])cc3)n2C)cc1. The third kappa shape index (κ3) is 5.55. The van der Waals surface area contributed by atoms with Crippen molar-refractivity contribution in [3.63, 3.8) is 0 Å². The highest BCUT2D eigenvalue weighted by atomic mass is 32.2. The third-order valence-corrected chi connectivity index (χ3v) is 5.03. The summed E-state index contributed by atoms with van der Waals surface area (Å²) in [5.74, 6) is 1.13. The van der Waals surface area contributed by atoms with E-state index in [1.54, 1.807) is 11.6 Å². The smallest absolute Gasteiger partial charge is 0.269 e. The zero-order chi connectivity index (χ0) is 20.8. The lowest BCUT2D eigenvalue weighted by molar-refractivity contribution is -0.384. The first-order chi connectivity index (χ1) is 13.9. The minimum atomic E-state index is -0.467. The molecule has 3 aromatic rings. The van der Waals surface area contributed by atoms with E-state index in [0.29, 0.717) is 16.7 Å². The monoisotopic (exact) mass is 413 g/mol. The molecule has 29 heavy (non-hydrogen) atoms. The number of amides is 1. The molecule has 0 aliphatic carbocycles. The molecule has 0 spiro atoms.